The fraction of sp³-hybridized carbons (Fsp3) is 0.360. The number of likely N-dealkylation sites (tertiary alicyclic amines) is 2. The van der Waals surface area contributed by atoms with Gasteiger partial charge in [-0.25, -0.2) is 19.6 Å². The van der Waals surface area contributed by atoms with E-state index in [9.17, 15) is 19.2 Å². The zero-order chi connectivity index (χ0) is 44.9. The first-order chi connectivity index (χ1) is 31.8. The summed E-state index contributed by atoms with van der Waals surface area (Å²) in [5.74, 6) is 1.40. The van der Waals surface area contributed by atoms with Gasteiger partial charge in [0.1, 0.15) is 23.7 Å². The monoisotopic (exact) mass is 878 g/mol. The van der Waals surface area contributed by atoms with E-state index in [0.717, 1.165) is 88.8 Å². The number of nitrogens with zero attached hydrogens (tertiary/aromatic N) is 4. The number of benzene rings is 4. The average Bonchev–Trinajstić information content (AvgIpc) is 4.21. The van der Waals surface area contributed by atoms with Crippen LogP contribution in [0, 0.1) is 5.92 Å². The second-order valence-corrected chi connectivity index (χ2v) is 17.1. The Bertz CT molecular complexity index is 2640. The van der Waals surface area contributed by atoms with Crippen molar-refractivity contribution in [1.82, 2.24) is 40.4 Å². The molecule has 15 nitrogen and oxygen atoms in total. The zero-order valence-corrected chi connectivity index (χ0v) is 36.6. The van der Waals surface area contributed by atoms with Crippen LogP contribution in [0.4, 0.5) is 9.59 Å². The highest BCUT2D eigenvalue weighted by Gasteiger charge is 2.39. The Morgan fingerprint density at radius 2 is 1.20 bits per heavy atom. The Hall–Kier alpha value is -7.00. The van der Waals surface area contributed by atoms with Gasteiger partial charge in [0.05, 0.1) is 50.1 Å². The van der Waals surface area contributed by atoms with Gasteiger partial charge in [-0.15, -0.1) is 0 Å². The van der Waals surface area contributed by atoms with Crippen LogP contribution in [0.25, 0.3) is 44.4 Å². The third-order valence-electron chi connectivity index (χ3n) is 13.1. The van der Waals surface area contributed by atoms with E-state index in [0.29, 0.717) is 44.1 Å². The molecule has 1 unspecified atom stereocenters. The van der Waals surface area contributed by atoms with Crippen LogP contribution in [0.5, 0.6) is 0 Å². The largest absolute Gasteiger partial charge is 0.453 e. The molecule has 15 heteroatoms. The number of carbonyl (C=O) groups excluding carboxylic acids is 4. The summed E-state index contributed by atoms with van der Waals surface area (Å²) in [6.45, 7) is 2.47. The Labute approximate surface area is 377 Å². The molecule has 9 rings (SSSR count). The normalized spacial score (nSPS) is 18.6. The van der Waals surface area contributed by atoms with Crippen LogP contribution >= 0.6 is 0 Å². The lowest BCUT2D eigenvalue weighted by atomic mass is 9.92. The third kappa shape index (κ3) is 9.46. The summed E-state index contributed by atoms with van der Waals surface area (Å²) in [5, 5.41) is 7.71. The molecule has 0 radical (unpaired) electrons. The Balaban J connectivity index is 0.862. The Morgan fingerprint density at radius 3 is 1.83 bits per heavy atom. The topological polar surface area (TPSA) is 184 Å². The van der Waals surface area contributed by atoms with Crippen molar-refractivity contribution in [2.75, 3.05) is 40.5 Å². The molecule has 4 amide bonds. The molecule has 5 heterocycles. The molecule has 2 aromatic heterocycles. The number of aromatic nitrogens is 4. The molecule has 0 bridgehead atoms. The summed E-state index contributed by atoms with van der Waals surface area (Å²) in [6, 6.07) is 28.3. The van der Waals surface area contributed by atoms with Gasteiger partial charge in [0.25, 0.3) is 5.91 Å². The van der Waals surface area contributed by atoms with E-state index in [1.54, 1.807) is 4.90 Å². The molecule has 0 spiro atoms. The lowest BCUT2D eigenvalue weighted by Gasteiger charge is -2.31. The van der Waals surface area contributed by atoms with E-state index in [2.05, 4.69) is 81.3 Å². The molecule has 0 aliphatic carbocycles. The number of aromatic amines is 2. The molecule has 3 fully saturated rings. The number of hydrogen-bond donors (Lipinski definition) is 4. The molecule has 4 aromatic carbocycles. The molecule has 65 heavy (non-hydrogen) atoms. The number of carbonyl (C=O) groups is 4. The maximum absolute atomic E-state index is 14.0. The average molecular weight is 879 g/mol. The van der Waals surface area contributed by atoms with Crippen LogP contribution in [0.3, 0.4) is 0 Å². The number of hydrogen-bond acceptors (Lipinski definition) is 9. The van der Waals surface area contributed by atoms with Crippen LogP contribution < -0.4 is 10.6 Å². The molecule has 3 aliphatic heterocycles. The van der Waals surface area contributed by atoms with Crippen LogP contribution in [0.2, 0.25) is 0 Å². The number of fused-ring (bicyclic) bond motifs is 1. The molecule has 3 saturated heterocycles. The van der Waals surface area contributed by atoms with Gasteiger partial charge >= 0.3 is 12.2 Å². The summed E-state index contributed by atoms with van der Waals surface area (Å²) in [5.41, 5.74) is 6.52. The lowest BCUT2D eigenvalue weighted by Crippen LogP contribution is -2.49. The van der Waals surface area contributed by atoms with Crippen LogP contribution in [-0.4, -0.2) is 100 Å². The number of imidazole rings is 2. The van der Waals surface area contributed by atoms with E-state index in [1.165, 1.54) is 14.2 Å². The maximum atomic E-state index is 14.0. The number of amides is 4. The van der Waals surface area contributed by atoms with Crippen LogP contribution in [0.1, 0.15) is 80.3 Å². The fourth-order valence-electron chi connectivity index (χ4n) is 9.58. The van der Waals surface area contributed by atoms with E-state index in [1.807, 2.05) is 47.6 Å². The van der Waals surface area contributed by atoms with Crippen molar-refractivity contribution in [3.63, 3.8) is 0 Å². The molecule has 336 valence electrons. The van der Waals surface area contributed by atoms with Gasteiger partial charge in [0.15, 0.2) is 0 Å². The van der Waals surface area contributed by atoms with Crippen molar-refractivity contribution in [2.24, 2.45) is 5.92 Å². The summed E-state index contributed by atoms with van der Waals surface area (Å²) in [6.07, 6.45) is 7.82. The lowest BCUT2D eigenvalue weighted by molar-refractivity contribution is -0.135. The molecule has 4 atom stereocenters. The minimum absolute atomic E-state index is 0.111. The van der Waals surface area contributed by atoms with E-state index in [4.69, 9.17) is 24.2 Å². The standard InChI is InChI=1S/C50H54N8O7/c1-63-49(61)55-39(26-31-20-24-65-25-21-31)47(59)57-22-6-10-42(57)45-52-30-41(54-45)38-19-18-36-27-35(16-17-37(36)28-38)32-12-14-33(15-13-32)40-29-51-46(53-40)43-11-7-23-58(43)48(60)44(56-50(62)64-2)34-8-4-3-5-9-34/h3-5,8-9,12-19,27-31,39,42-44H,6-7,10-11,20-26H2,1-2H3,(H,51,53)(H,52,54)(H,55,61)(H,56,62)/t39?,42-,43-,44+/m0/s1. The smallest absolute Gasteiger partial charge is 0.407 e. The molecule has 4 N–H and O–H groups in total. The van der Waals surface area contributed by atoms with Crippen molar-refractivity contribution >= 4 is 34.8 Å². The van der Waals surface area contributed by atoms with Crippen molar-refractivity contribution in [1.29, 1.82) is 0 Å². The van der Waals surface area contributed by atoms with Gasteiger partial charge in [0, 0.05) is 31.9 Å². The van der Waals surface area contributed by atoms with Crippen molar-refractivity contribution in [3.05, 3.63) is 121 Å². The highest BCUT2D eigenvalue weighted by Crippen LogP contribution is 2.37. The number of nitrogens with one attached hydrogen (secondary N) is 4. The molecule has 6 aromatic rings. The van der Waals surface area contributed by atoms with Crippen LogP contribution in [-0.2, 0) is 23.8 Å². The predicted octanol–water partition coefficient (Wildman–Crippen LogP) is 8.25. The van der Waals surface area contributed by atoms with Gasteiger partial charge in [-0.05, 0) is 96.0 Å². The highest BCUT2D eigenvalue weighted by atomic mass is 16.5. The first-order valence-corrected chi connectivity index (χ1v) is 22.4. The van der Waals surface area contributed by atoms with E-state index < -0.39 is 24.3 Å². The summed E-state index contributed by atoms with van der Waals surface area (Å²) >= 11 is 0. The van der Waals surface area contributed by atoms with Gasteiger partial charge in [-0.1, -0.05) is 78.9 Å². The molecule has 0 saturated carbocycles. The Kier molecular flexibility index (Phi) is 12.9. The van der Waals surface area contributed by atoms with Crippen molar-refractivity contribution in [3.8, 4) is 33.6 Å². The predicted molar refractivity (Wildman–Crippen MR) is 244 cm³/mol. The number of H-pyrrole nitrogens is 2. The van der Waals surface area contributed by atoms with Gasteiger partial charge in [-0.3, -0.25) is 9.59 Å². The fourth-order valence-corrected chi connectivity index (χ4v) is 9.58. The zero-order valence-electron chi connectivity index (χ0n) is 36.6. The van der Waals surface area contributed by atoms with Crippen molar-refractivity contribution < 1.29 is 33.4 Å². The SMILES string of the molecule is COC(=O)NC(CC1CCOCC1)C(=O)N1CCC[C@H]1c1ncc(-c2ccc3cc(-c4ccc(-c5cnc([C@@H]6CCCN6C(=O)[C@H](NC(=O)OC)c6ccccc6)[nH]5)cc4)ccc3c2)[nH]1. The van der Waals surface area contributed by atoms with E-state index >= 15 is 0 Å². The second-order valence-electron chi connectivity index (χ2n) is 17.1. The minimum Gasteiger partial charge on any atom is -0.453 e. The second kappa shape index (κ2) is 19.4. The van der Waals surface area contributed by atoms with Gasteiger partial charge in [0.2, 0.25) is 5.91 Å². The summed E-state index contributed by atoms with van der Waals surface area (Å²) in [4.78, 5) is 72.6. The molecular formula is C50H54N8O7. The highest BCUT2D eigenvalue weighted by molar-refractivity contribution is 5.91. The number of alkyl carbamates (subject to hydrolysis) is 2. The number of ether oxygens (including phenoxy) is 3. The quantitative estimate of drug-likeness (QED) is 0.0940. The van der Waals surface area contributed by atoms with Crippen LogP contribution in [0.15, 0.2) is 103 Å². The molecular weight excluding hydrogens is 825 g/mol. The minimum atomic E-state index is -0.882. The number of methoxy groups -OCH3 is 2. The van der Waals surface area contributed by atoms with Gasteiger partial charge in [-0.2, -0.15) is 0 Å². The van der Waals surface area contributed by atoms with Gasteiger partial charge < -0.3 is 44.6 Å². The first-order valence-electron chi connectivity index (χ1n) is 22.4. The maximum Gasteiger partial charge on any atom is 0.407 e. The summed E-state index contributed by atoms with van der Waals surface area (Å²) in [7, 11) is 2.60. The first kappa shape index (κ1) is 43.3. The van der Waals surface area contributed by atoms with Crippen molar-refractivity contribution in [2.45, 2.75) is 69.1 Å². The number of rotatable bonds is 12. The summed E-state index contributed by atoms with van der Waals surface area (Å²) < 4.78 is 15.2. The van der Waals surface area contributed by atoms with E-state index in [-0.39, 0.29) is 29.8 Å². The molecule has 3 aliphatic rings. The third-order valence-corrected chi connectivity index (χ3v) is 13.1. The Morgan fingerprint density at radius 1 is 0.662 bits per heavy atom.